The molecular formula is C27H28F4N2O. The van der Waals surface area contributed by atoms with E-state index >= 15 is 0 Å². The molecule has 1 fully saturated rings. The molecule has 4 rings (SSSR count). The molecule has 1 aliphatic rings. The van der Waals surface area contributed by atoms with E-state index in [0.717, 1.165) is 24.3 Å². The maximum atomic E-state index is 14.8. The van der Waals surface area contributed by atoms with Crippen LogP contribution in [0.1, 0.15) is 63.4 Å². The Morgan fingerprint density at radius 2 is 1.53 bits per heavy atom. The van der Waals surface area contributed by atoms with Crippen molar-refractivity contribution < 1.29 is 22.3 Å². The molecule has 0 bridgehead atoms. The second kappa shape index (κ2) is 11.0. The number of halogens is 4. The SMILES string of the molecule is CCCCC1CCC(c2cnc(-c3cc(F)c(-c4ccc(OC(F)F)cc4)c(F)c3)nc2)CC1. The van der Waals surface area contributed by atoms with E-state index in [2.05, 4.69) is 21.6 Å². The molecule has 0 spiro atoms. The molecule has 0 amide bonds. The number of nitrogens with zero attached hydrogens (tertiary/aromatic N) is 2. The molecule has 1 aliphatic carbocycles. The van der Waals surface area contributed by atoms with Crippen LogP contribution in [0.3, 0.4) is 0 Å². The maximum absolute atomic E-state index is 14.8. The molecule has 0 aliphatic heterocycles. The van der Waals surface area contributed by atoms with Crippen molar-refractivity contribution in [3.05, 3.63) is 66.0 Å². The summed E-state index contributed by atoms with van der Waals surface area (Å²) < 4.78 is 58.6. The topological polar surface area (TPSA) is 35.0 Å². The first-order valence-electron chi connectivity index (χ1n) is 11.8. The van der Waals surface area contributed by atoms with E-state index in [1.807, 2.05) is 0 Å². The van der Waals surface area contributed by atoms with Crippen LogP contribution in [-0.2, 0) is 0 Å². The minimum Gasteiger partial charge on any atom is -0.435 e. The molecule has 1 aromatic heterocycles. The smallest absolute Gasteiger partial charge is 0.387 e. The highest BCUT2D eigenvalue weighted by Gasteiger charge is 2.23. The lowest BCUT2D eigenvalue weighted by molar-refractivity contribution is -0.0498. The lowest BCUT2D eigenvalue weighted by Gasteiger charge is -2.28. The van der Waals surface area contributed by atoms with Crippen LogP contribution in [0.15, 0.2) is 48.8 Å². The molecule has 3 nitrogen and oxygen atoms in total. The molecule has 2 aromatic carbocycles. The summed E-state index contributed by atoms with van der Waals surface area (Å²) in [5.41, 5.74) is 1.28. The summed E-state index contributed by atoms with van der Waals surface area (Å²) in [4.78, 5) is 8.77. The number of ether oxygens (including phenoxy) is 1. The third-order valence-corrected chi connectivity index (χ3v) is 6.62. The molecular weight excluding hydrogens is 444 g/mol. The predicted molar refractivity (Wildman–Crippen MR) is 124 cm³/mol. The van der Waals surface area contributed by atoms with Crippen LogP contribution in [0, 0.1) is 17.6 Å². The van der Waals surface area contributed by atoms with Crippen molar-refractivity contribution in [3.8, 4) is 28.3 Å². The number of hydrogen-bond acceptors (Lipinski definition) is 3. The van der Waals surface area contributed by atoms with E-state index in [1.165, 1.54) is 68.5 Å². The number of aromatic nitrogens is 2. The zero-order valence-corrected chi connectivity index (χ0v) is 19.1. The number of rotatable bonds is 8. The van der Waals surface area contributed by atoms with Crippen LogP contribution >= 0.6 is 0 Å². The summed E-state index contributed by atoms with van der Waals surface area (Å²) >= 11 is 0. The zero-order valence-electron chi connectivity index (χ0n) is 19.1. The van der Waals surface area contributed by atoms with Gasteiger partial charge in [-0.05, 0) is 72.9 Å². The minimum atomic E-state index is -2.97. The molecule has 0 saturated heterocycles. The number of alkyl halides is 2. The summed E-state index contributed by atoms with van der Waals surface area (Å²) in [6, 6.07) is 7.54. The Balaban J connectivity index is 1.47. The van der Waals surface area contributed by atoms with Gasteiger partial charge in [-0.1, -0.05) is 38.3 Å². The summed E-state index contributed by atoms with van der Waals surface area (Å²) in [6.45, 7) is -0.743. The summed E-state index contributed by atoms with van der Waals surface area (Å²) in [6.07, 6.45) is 12.1. The molecule has 0 N–H and O–H groups in total. The number of benzene rings is 2. The van der Waals surface area contributed by atoms with Gasteiger partial charge in [0.25, 0.3) is 0 Å². The van der Waals surface area contributed by atoms with E-state index in [-0.39, 0.29) is 28.3 Å². The maximum Gasteiger partial charge on any atom is 0.387 e. The molecule has 0 radical (unpaired) electrons. The molecule has 0 atom stereocenters. The van der Waals surface area contributed by atoms with Gasteiger partial charge in [0.05, 0.1) is 5.56 Å². The van der Waals surface area contributed by atoms with Gasteiger partial charge in [0.1, 0.15) is 17.4 Å². The van der Waals surface area contributed by atoms with Crippen LogP contribution < -0.4 is 4.74 Å². The van der Waals surface area contributed by atoms with Gasteiger partial charge in [-0.25, -0.2) is 18.7 Å². The third kappa shape index (κ3) is 5.75. The van der Waals surface area contributed by atoms with Gasteiger partial charge in [-0.3, -0.25) is 0 Å². The second-order valence-corrected chi connectivity index (χ2v) is 8.92. The van der Waals surface area contributed by atoms with Crippen molar-refractivity contribution in [2.75, 3.05) is 0 Å². The highest BCUT2D eigenvalue weighted by atomic mass is 19.3. The van der Waals surface area contributed by atoms with Gasteiger partial charge in [0.2, 0.25) is 0 Å². The molecule has 3 aromatic rings. The fourth-order valence-electron chi connectivity index (χ4n) is 4.76. The number of hydrogen-bond donors (Lipinski definition) is 0. The molecule has 180 valence electrons. The van der Waals surface area contributed by atoms with Crippen molar-refractivity contribution in [1.29, 1.82) is 0 Å². The van der Waals surface area contributed by atoms with Gasteiger partial charge in [0, 0.05) is 18.0 Å². The number of unbranched alkanes of at least 4 members (excludes halogenated alkanes) is 1. The lowest BCUT2D eigenvalue weighted by atomic mass is 9.78. The average Bonchev–Trinajstić information content (AvgIpc) is 2.83. The van der Waals surface area contributed by atoms with Gasteiger partial charge >= 0.3 is 6.61 Å². The Hall–Kier alpha value is -2.96. The highest BCUT2D eigenvalue weighted by molar-refractivity contribution is 5.69. The standard InChI is InChI=1S/C27H28F4N2O/c1-2-3-4-17-5-7-18(8-6-17)21-15-32-26(33-16-21)20-13-23(28)25(24(29)14-20)19-9-11-22(12-10-19)34-27(30)31/h9-18,27H,2-8H2,1H3. The van der Waals surface area contributed by atoms with Crippen molar-refractivity contribution in [1.82, 2.24) is 9.97 Å². The second-order valence-electron chi connectivity index (χ2n) is 8.92. The van der Waals surface area contributed by atoms with E-state index in [4.69, 9.17) is 0 Å². The van der Waals surface area contributed by atoms with Gasteiger partial charge in [-0.2, -0.15) is 8.78 Å². The van der Waals surface area contributed by atoms with Crippen LogP contribution in [0.4, 0.5) is 17.6 Å². The highest BCUT2D eigenvalue weighted by Crippen LogP contribution is 2.38. The van der Waals surface area contributed by atoms with Crippen LogP contribution in [0.25, 0.3) is 22.5 Å². The van der Waals surface area contributed by atoms with E-state index in [0.29, 0.717) is 5.92 Å². The summed E-state index contributed by atoms with van der Waals surface area (Å²) in [5.74, 6) is -0.149. The van der Waals surface area contributed by atoms with E-state index < -0.39 is 18.2 Å². The summed E-state index contributed by atoms with van der Waals surface area (Å²) in [5, 5.41) is 0. The van der Waals surface area contributed by atoms with Gasteiger partial charge in [0.15, 0.2) is 5.82 Å². The Morgan fingerprint density at radius 3 is 2.09 bits per heavy atom. The quantitative estimate of drug-likeness (QED) is 0.310. The molecule has 1 heterocycles. The first-order chi connectivity index (χ1) is 16.4. The molecule has 34 heavy (non-hydrogen) atoms. The first-order valence-corrected chi connectivity index (χ1v) is 11.8. The van der Waals surface area contributed by atoms with Crippen molar-refractivity contribution >= 4 is 0 Å². The lowest BCUT2D eigenvalue weighted by Crippen LogP contribution is -2.13. The van der Waals surface area contributed by atoms with Crippen molar-refractivity contribution in [3.63, 3.8) is 0 Å². The zero-order chi connectivity index (χ0) is 24.1. The van der Waals surface area contributed by atoms with E-state index in [9.17, 15) is 17.6 Å². The fourth-order valence-corrected chi connectivity index (χ4v) is 4.76. The predicted octanol–water partition coefficient (Wildman–Crippen LogP) is 8.15. The third-order valence-electron chi connectivity index (χ3n) is 6.62. The average molecular weight is 473 g/mol. The van der Waals surface area contributed by atoms with Crippen LogP contribution in [0.5, 0.6) is 5.75 Å². The monoisotopic (exact) mass is 472 g/mol. The Bertz CT molecular complexity index is 1060. The fraction of sp³-hybridized carbons (Fsp3) is 0.407. The van der Waals surface area contributed by atoms with Crippen LogP contribution in [0.2, 0.25) is 0 Å². The molecule has 1 saturated carbocycles. The molecule has 0 unspecified atom stereocenters. The molecule has 7 heteroatoms. The van der Waals surface area contributed by atoms with Gasteiger partial charge < -0.3 is 4.74 Å². The van der Waals surface area contributed by atoms with Crippen molar-refractivity contribution in [2.24, 2.45) is 5.92 Å². The van der Waals surface area contributed by atoms with E-state index in [1.54, 1.807) is 12.4 Å². The first kappa shape index (κ1) is 24.2. The van der Waals surface area contributed by atoms with Gasteiger partial charge in [-0.15, -0.1) is 0 Å². The normalized spacial score (nSPS) is 18.3. The minimum absolute atomic E-state index is 0.0841. The Kier molecular flexibility index (Phi) is 7.80. The largest absolute Gasteiger partial charge is 0.435 e. The Morgan fingerprint density at radius 1 is 0.912 bits per heavy atom. The Labute approximate surface area is 197 Å². The van der Waals surface area contributed by atoms with Crippen LogP contribution in [-0.4, -0.2) is 16.6 Å². The summed E-state index contributed by atoms with van der Waals surface area (Å²) in [7, 11) is 0. The van der Waals surface area contributed by atoms with Crippen molar-refractivity contribution in [2.45, 2.75) is 64.4 Å².